The van der Waals surface area contributed by atoms with Gasteiger partial charge in [0, 0.05) is 46.0 Å². The van der Waals surface area contributed by atoms with Crippen LogP contribution in [0.5, 0.6) is 11.5 Å². The van der Waals surface area contributed by atoms with Crippen molar-refractivity contribution in [2.24, 2.45) is 0 Å². The Labute approximate surface area is 197 Å². The van der Waals surface area contributed by atoms with Crippen LogP contribution in [-0.4, -0.2) is 51.8 Å². The molecule has 5 heteroatoms. The average molecular weight is 446 g/mol. The highest BCUT2D eigenvalue weighted by atomic mass is 16.5. The Morgan fingerprint density at radius 1 is 0.848 bits per heavy atom. The van der Waals surface area contributed by atoms with Gasteiger partial charge in [-0.1, -0.05) is 48.5 Å². The van der Waals surface area contributed by atoms with Crippen LogP contribution in [0.2, 0.25) is 0 Å². The lowest BCUT2D eigenvalue weighted by Crippen LogP contribution is -2.45. The van der Waals surface area contributed by atoms with Gasteiger partial charge in [-0.05, 0) is 47.9 Å². The Hall–Kier alpha value is -3.02. The number of hydrogen-bond donors (Lipinski definition) is 1. The minimum Gasteiger partial charge on any atom is -0.490 e. The molecule has 1 fully saturated rings. The SMILES string of the molecule is CCOc1cc(C(c2ccc(N(C)C)cc2)N2CCNCC2)ccc1OCc1ccccc1. The molecule has 0 spiro atoms. The molecule has 4 rings (SSSR count). The number of rotatable bonds is 9. The topological polar surface area (TPSA) is 37.0 Å². The van der Waals surface area contributed by atoms with Crippen LogP contribution in [0.25, 0.3) is 0 Å². The summed E-state index contributed by atoms with van der Waals surface area (Å²) in [6.45, 7) is 7.16. The van der Waals surface area contributed by atoms with Crippen molar-refractivity contribution in [1.82, 2.24) is 10.2 Å². The van der Waals surface area contributed by atoms with Gasteiger partial charge < -0.3 is 19.7 Å². The molecule has 1 atom stereocenters. The fraction of sp³-hybridized carbons (Fsp3) is 0.357. The minimum absolute atomic E-state index is 0.172. The highest BCUT2D eigenvalue weighted by Crippen LogP contribution is 2.36. The summed E-state index contributed by atoms with van der Waals surface area (Å²) in [4.78, 5) is 4.69. The second-order valence-electron chi connectivity index (χ2n) is 8.59. The van der Waals surface area contributed by atoms with Crippen LogP contribution >= 0.6 is 0 Å². The maximum absolute atomic E-state index is 6.15. The van der Waals surface area contributed by atoms with Crippen LogP contribution in [0.4, 0.5) is 5.69 Å². The molecule has 0 bridgehead atoms. The number of piperazine rings is 1. The van der Waals surface area contributed by atoms with Crippen molar-refractivity contribution in [2.75, 3.05) is 51.8 Å². The molecule has 1 saturated heterocycles. The van der Waals surface area contributed by atoms with Gasteiger partial charge in [0.25, 0.3) is 0 Å². The minimum atomic E-state index is 0.172. The lowest BCUT2D eigenvalue weighted by atomic mass is 9.95. The van der Waals surface area contributed by atoms with E-state index in [9.17, 15) is 0 Å². The third kappa shape index (κ3) is 5.86. The summed E-state index contributed by atoms with van der Waals surface area (Å²) in [7, 11) is 4.15. The molecule has 1 aliphatic rings. The molecule has 0 radical (unpaired) electrons. The summed E-state index contributed by atoms with van der Waals surface area (Å²) in [6.07, 6.45) is 0. The largest absolute Gasteiger partial charge is 0.490 e. The number of nitrogens with one attached hydrogen (secondary N) is 1. The molecule has 33 heavy (non-hydrogen) atoms. The van der Waals surface area contributed by atoms with E-state index in [-0.39, 0.29) is 6.04 Å². The summed E-state index contributed by atoms with van der Waals surface area (Å²) < 4.78 is 12.2. The zero-order chi connectivity index (χ0) is 23.0. The zero-order valence-electron chi connectivity index (χ0n) is 20.0. The molecule has 174 valence electrons. The Morgan fingerprint density at radius 3 is 2.21 bits per heavy atom. The Bertz CT molecular complexity index is 999. The van der Waals surface area contributed by atoms with Crippen molar-refractivity contribution in [3.8, 4) is 11.5 Å². The number of ether oxygens (including phenoxy) is 2. The zero-order valence-corrected chi connectivity index (χ0v) is 20.0. The quantitative estimate of drug-likeness (QED) is 0.516. The third-order valence-corrected chi connectivity index (χ3v) is 6.06. The van der Waals surface area contributed by atoms with Crippen molar-refractivity contribution in [1.29, 1.82) is 0 Å². The predicted octanol–water partition coefficient (Wildman–Crippen LogP) is 4.72. The van der Waals surface area contributed by atoms with Crippen molar-refractivity contribution < 1.29 is 9.47 Å². The maximum Gasteiger partial charge on any atom is 0.161 e. The smallest absolute Gasteiger partial charge is 0.161 e. The fourth-order valence-electron chi connectivity index (χ4n) is 4.33. The lowest BCUT2D eigenvalue weighted by molar-refractivity contribution is 0.197. The van der Waals surface area contributed by atoms with Gasteiger partial charge in [0.15, 0.2) is 11.5 Å². The van der Waals surface area contributed by atoms with E-state index in [2.05, 4.69) is 83.8 Å². The Kier molecular flexibility index (Phi) is 7.87. The van der Waals surface area contributed by atoms with Crippen LogP contribution in [0.15, 0.2) is 72.8 Å². The molecule has 1 heterocycles. The molecular weight excluding hydrogens is 410 g/mol. The molecule has 0 saturated carbocycles. The molecule has 0 aromatic heterocycles. The van der Waals surface area contributed by atoms with E-state index >= 15 is 0 Å². The first-order chi connectivity index (χ1) is 16.2. The summed E-state index contributed by atoms with van der Waals surface area (Å²) in [5.74, 6) is 1.59. The Balaban J connectivity index is 1.64. The summed E-state index contributed by atoms with van der Waals surface area (Å²) in [5, 5.41) is 3.48. The second kappa shape index (κ2) is 11.2. The van der Waals surface area contributed by atoms with Crippen molar-refractivity contribution in [3.05, 3.63) is 89.5 Å². The van der Waals surface area contributed by atoms with Crippen LogP contribution < -0.4 is 19.7 Å². The third-order valence-electron chi connectivity index (χ3n) is 6.06. The average Bonchev–Trinajstić information content (AvgIpc) is 2.85. The first kappa shape index (κ1) is 23.1. The molecule has 1 aliphatic heterocycles. The van der Waals surface area contributed by atoms with Gasteiger partial charge in [-0.25, -0.2) is 0 Å². The van der Waals surface area contributed by atoms with E-state index in [4.69, 9.17) is 9.47 Å². The summed E-state index contributed by atoms with van der Waals surface area (Å²) >= 11 is 0. The van der Waals surface area contributed by atoms with Gasteiger partial charge in [0.1, 0.15) is 6.61 Å². The van der Waals surface area contributed by atoms with Crippen LogP contribution in [0.1, 0.15) is 29.7 Å². The molecule has 3 aromatic rings. The van der Waals surface area contributed by atoms with E-state index < -0.39 is 0 Å². The monoisotopic (exact) mass is 445 g/mol. The van der Waals surface area contributed by atoms with Gasteiger partial charge in [-0.2, -0.15) is 0 Å². The Morgan fingerprint density at radius 2 is 1.55 bits per heavy atom. The van der Waals surface area contributed by atoms with E-state index in [1.54, 1.807) is 0 Å². The van der Waals surface area contributed by atoms with Crippen LogP contribution in [-0.2, 0) is 6.61 Å². The number of nitrogens with zero attached hydrogens (tertiary/aromatic N) is 2. The molecule has 3 aromatic carbocycles. The number of hydrogen-bond acceptors (Lipinski definition) is 5. The van der Waals surface area contributed by atoms with E-state index in [0.29, 0.717) is 13.2 Å². The van der Waals surface area contributed by atoms with E-state index in [0.717, 1.165) is 43.2 Å². The van der Waals surface area contributed by atoms with Gasteiger partial charge in [0.2, 0.25) is 0 Å². The normalized spacial score (nSPS) is 15.1. The van der Waals surface area contributed by atoms with Crippen molar-refractivity contribution in [2.45, 2.75) is 19.6 Å². The second-order valence-corrected chi connectivity index (χ2v) is 8.59. The molecular formula is C28H35N3O2. The van der Waals surface area contributed by atoms with E-state index in [1.165, 1.54) is 16.8 Å². The predicted molar refractivity (Wildman–Crippen MR) is 135 cm³/mol. The van der Waals surface area contributed by atoms with Gasteiger partial charge in [-0.3, -0.25) is 4.90 Å². The standard InChI is InChI=1S/C28H35N3O2/c1-4-32-27-20-24(12-15-26(27)33-21-22-8-6-5-7-9-22)28(31-18-16-29-17-19-31)23-10-13-25(14-11-23)30(2)3/h5-15,20,28-29H,4,16-19,21H2,1-3H3. The number of anilines is 1. The maximum atomic E-state index is 6.15. The molecule has 5 nitrogen and oxygen atoms in total. The van der Waals surface area contributed by atoms with Crippen LogP contribution in [0, 0.1) is 0 Å². The number of benzene rings is 3. The first-order valence-electron chi connectivity index (χ1n) is 11.8. The van der Waals surface area contributed by atoms with E-state index in [1.807, 2.05) is 25.1 Å². The van der Waals surface area contributed by atoms with Gasteiger partial charge in [-0.15, -0.1) is 0 Å². The van der Waals surface area contributed by atoms with Gasteiger partial charge in [0.05, 0.1) is 12.6 Å². The molecule has 1 unspecified atom stereocenters. The van der Waals surface area contributed by atoms with Crippen molar-refractivity contribution >= 4 is 5.69 Å². The fourth-order valence-corrected chi connectivity index (χ4v) is 4.33. The summed E-state index contributed by atoms with van der Waals surface area (Å²) in [5.41, 5.74) is 4.87. The van der Waals surface area contributed by atoms with Crippen LogP contribution in [0.3, 0.4) is 0 Å². The lowest BCUT2D eigenvalue weighted by Gasteiger charge is -2.36. The molecule has 1 N–H and O–H groups in total. The van der Waals surface area contributed by atoms with Gasteiger partial charge >= 0.3 is 0 Å². The first-order valence-corrected chi connectivity index (χ1v) is 11.8. The molecule has 0 amide bonds. The highest BCUT2D eigenvalue weighted by Gasteiger charge is 2.25. The highest BCUT2D eigenvalue weighted by molar-refractivity contribution is 5.50. The van der Waals surface area contributed by atoms with Crippen molar-refractivity contribution in [3.63, 3.8) is 0 Å². The molecule has 0 aliphatic carbocycles. The summed E-state index contributed by atoms with van der Waals surface area (Å²) in [6, 6.07) is 25.7.